The molecule has 1 aromatic carbocycles. The molecule has 0 saturated carbocycles. The summed E-state index contributed by atoms with van der Waals surface area (Å²) in [6, 6.07) is 4.75. The Hall–Kier alpha value is -3.65. The van der Waals surface area contributed by atoms with Crippen molar-refractivity contribution in [3.63, 3.8) is 0 Å². The number of hydrogen-bond acceptors (Lipinski definition) is 6. The number of carboxylic acid groups (broad SMARTS) is 1. The Morgan fingerprint density at radius 2 is 1.68 bits per heavy atom. The van der Waals surface area contributed by atoms with Gasteiger partial charge in [0, 0.05) is 6.42 Å². The summed E-state index contributed by atoms with van der Waals surface area (Å²) in [5.41, 5.74) is 0.578. The number of ether oxygens (including phenoxy) is 3. The molecule has 0 aliphatic carbocycles. The molecule has 1 aromatic rings. The fourth-order valence-corrected chi connectivity index (χ4v) is 1.65. The molecule has 8 nitrogen and oxygen atoms in total. The number of terminal acetylenes is 2. The molecule has 1 atom stereocenters. The highest BCUT2D eigenvalue weighted by Crippen LogP contribution is 2.14. The molecule has 0 aliphatic heterocycles. The predicted molar refractivity (Wildman–Crippen MR) is 85.7 cm³/mol. The molecular formula is C17H15NO7. The van der Waals surface area contributed by atoms with Crippen LogP contribution in [0.25, 0.3) is 0 Å². The van der Waals surface area contributed by atoms with E-state index in [1.54, 1.807) is 0 Å². The van der Waals surface area contributed by atoms with Crippen LogP contribution < -0.4 is 10.1 Å². The van der Waals surface area contributed by atoms with Crippen LogP contribution in [0, 0.1) is 24.7 Å². The first-order valence-electron chi connectivity index (χ1n) is 6.92. The average Bonchev–Trinajstić information content (AvgIpc) is 2.59. The Morgan fingerprint density at radius 1 is 1.08 bits per heavy atom. The zero-order valence-corrected chi connectivity index (χ0v) is 13.1. The van der Waals surface area contributed by atoms with Crippen molar-refractivity contribution >= 4 is 18.2 Å². The molecule has 1 rings (SSSR count). The van der Waals surface area contributed by atoms with E-state index in [2.05, 4.69) is 26.6 Å². The maximum atomic E-state index is 11.4. The van der Waals surface area contributed by atoms with E-state index in [9.17, 15) is 14.4 Å². The topological polar surface area (TPSA) is 111 Å². The summed E-state index contributed by atoms with van der Waals surface area (Å²) in [4.78, 5) is 33.8. The Bertz CT molecular complexity index is 697. The molecule has 0 aliphatic rings. The fourth-order valence-electron chi connectivity index (χ4n) is 1.65. The van der Waals surface area contributed by atoms with Crippen LogP contribution in [0.2, 0.25) is 0 Å². The van der Waals surface area contributed by atoms with E-state index in [-0.39, 0.29) is 25.4 Å². The van der Waals surface area contributed by atoms with Crippen LogP contribution >= 0.6 is 0 Å². The summed E-state index contributed by atoms with van der Waals surface area (Å²) in [6.07, 6.45) is 7.99. The van der Waals surface area contributed by atoms with Gasteiger partial charge in [-0.15, -0.1) is 12.8 Å². The number of rotatable bonds is 7. The van der Waals surface area contributed by atoms with Crippen LogP contribution in [-0.2, 0) is 20.7 Å². The normalized spacial score (nSPS) is 10.5. The number of carboxylic acids is 1. The molecule has 0 radical (unpaired) electrons. The van der Waals surface area contributed by atoms with Gasteiger partial charge in [0.2, 0.25) is 0 Å². The standard InChI is InChI=1S/C17H15NO7/c1-3-9-23-16(21)18-14(15(19)20)11-12-5-7-13(8-6-12)25-17(22)24-10-4-2/h1-2,5-8,14H,9-11H2,(H,18,21)(H,19,20)/t14-/m0/s1. The van der Waals surface area contributed by atoms with Gasteiger partial charge in [-0.1, -0.05) is 24.0 Å². The third kappa shape index (κ3) is 7.44. The smallest absolute Gasteiger partial charge is 0.480 e. The van der Waals surface area contributed by atoms with E-state index in [0.717, 1.165) is 0 Å². The van der Waals surface area contributed by atoms with Crippen LogP contribution in [0.4, 0.5) is 9.59 Å². The second kappa shape index (κ2) is 10.2. The van der Waals surface area contributed by atoms with Crippen LogP contribution in [-0.4, -0.2) is 42.6 Å². The number of alkyl carbamates (subject to hydrolysis) is 1. The van der Waals surface area contributed by atoms with Crippen molar-refractivity contribution in [3.05, 3.63) is 29.8 Å². The summed E-state index contributed by atoms with van der Waals surface area (Å²) >= 11 is 0. The maximum absolute atomic E-state index is 11.4. The van der Waals surface area contributed by atoms with Crippen LogP contribution in [0.1, 0.15) is 5.56 Å². The van der Waals surface area contributed by atoms with E-state index in [4.69, 9.17) is 22.7 Å². The van der Waals surface area contributed by atoms with Crippen molar-refractivity contribution in [2.45, 2.75) is 12.5 Å². The third-order valence-corrected chi connectivity index (χ3v) is 2.71. The summed E-state index contributed by atoms with van der Waals surface area (Å²) < 4.78 is 14.0. The molecule has 2 N–H and O–H groups in total. The number of carbonyl (C=O) groups is 3. The van der Waals surface area contributed by atoms with Gasteiger partial charge in [0.25, 0.3) is 0 Å². The molecule has 8 heteroatoms. The molecule has 0 saturated heterocycles. The van der Waals surface area contributed by atoms with Crippen molar-refractivity contribution in [1.82, 2.24) is 5.32 Å². The lowest BCUT2D eigenvalue weighted by molar-refractivity contribution is -0.139. The molecule has 25 heavy (non-hydrogen) atoms. The Kier molecular flexibility index (Phi) is 7.90. The van der Waals surface area contributed by atoms with Gasteiger partial charge in [-0.25, -0.2) is 14.4 Å². The van der Waals surface area contributed by atoms with Crippen molar-refractivity contribution in [2.75, 3.05) is 13.2 Å². The quantitative estimate of drug-likeness (QED) is 0.434. The van der Waals surface area contributed by atoms with Crippen molar-refractivity contribution in [2.24, 2.45) is 0 Å². The van der Waals surface area contributed by atoms with Crippen LogP contribution in [0.5, 0.6) is 5.75 Å². The second-order valence-electron chi connectivity index (χ2n) is 4.51. The highest BCUT2D eigenvalue weighted by Gasteiger charge is 2.21. The van der Waals surface area contributed by atoms with Gasteiger partial charge >= 0.3 is 18.2 Å². The number of aliphatic carboxylic acids is 1. The SMILES string of the molecule is C#CCOC(=O)N[C@@H](Cc1ccc(OC(=O)OCC#C)cc1)C(=O)O. The number of carbonyl (C=O) groups excluding carboxylic acids is 2. The molecule has 0 unspecified atom stereocenters. The molecular weight excluding hydrogens is 330 g/mol. The van der Waals surface area contributed by atoms with Crippen LogP contribution in [0.3, 0.4) is 0 Å². The number of amides is 1. The van der Waals surface area contributed by atoms with Gasteiger partial charge in [0.15, 0.2) is 13.2 Å². The van der Waals surface area contributed by atoms with Crippen molar-refractivity contribution in [1.29, 1.82) is 0 Å². The van der Waals surface area contributed by atoms with E-state index < -0.39 is 24.3 Å². The van der Waals surface area contributed by atoms with Gasteiger partial charge < -0.3 is 24.6 Å². The lowest BCUT2D eigenvalue weighted by Gasteiger charge is -2.14. The Balaban J connectivity index is 2.63. The minimum absolute atomic E-state index is 0.0116. The highest BCUT2D eigenvalue weighted by molar-refractivity contribution is 5.80. The first-order valence-corrected chi connectivity index (χ1v) is 6.92. The molecule has 0 aromatic heterocycles. The minimum Gasteiger partial charge on any atom is -0.480 e. The number of benzene rings is 1. The zero-order valence-electron chi connectivity index (χ0n) is 13.1. The zero-order chi connectivity index (χ0) is 18.7. The Morgan fingerprint density at radius 3 is 2.24 bits per heavy atom. The van der Waals surface area contributed by atoms with Crippen molar-refractivity contribution < 1.29 is 33.7 Å². The fraction of sp³-hybridized carbons (Fsp3) is 0.235. The molecule has 0 bridgehead atoms. The van der Waals surface area contributed by atoms with E-state index in [1.807, 2.05) is 0 Å². The molecule has 0 fully saturated rings. The van der Waals surface area contributed by atoms with Crippen LogP contribution in [0.15, 0.2) is 24.3 Å². The largest absolute Gasteiger partial charge is 0.514 e. The number of hydrogen-bond donors (Lipinski definition) is 2. The number of nitrogens with one attached hydrogen (secondary N) is 1. The lowest BCUT2D eigenvalue weighted by Crippen LogP contribution is -2.42. The van der Waals surface area contributed by atoms with Gasteiger partial charge in [0.1, 0.15) is 11.8 Å². The predicted octanol–water partition coefficient (Wildman–Crippen LogP) is 1.19. The van der Waals surface area contributed by atoms with E-state index >= 15 is 0 Å². The first-order chi connectivity index (χ1) is 12.0. The van der Waals surface area contributed by atoms with Crippen molar-refractivity contribution in [3.8, 4) is 30.4 Å². The highest BCUT2D eigenvalue weighted by atomic mass is 16.7. The summed E-state index contributed by atoms with van der Waals surface area (Å²) in [7, 11) is 0. The Labute approximate surface area is 144 Å². The molecule has 0 spiro atoms. The molecule has 130 valence electrons. The maximum Gasteiger partial charge on any atom is 0.514 e. The monoisotopic (exact) mass is 345 g/mol. The first kappa shape index (κ1) is 19.4. The van der Waals surface area contributed by atoms with Gasteiger partial charge in [-0.05, 0) is 17.7 Å². The van der Waals surface area contributed by atoms with Gasteiger partial charge in [-0.3, -0.25) is 0 Å². The molecule has 0 heterocycles. The summed E-state index contributed by atoms with van der Waals surface area (Å²) in [5.74, 6) is 3.17. The summed E-state index contributed by atoms with van der Waals surface area (Å²) in [5, 5.41) is 11.3. The minimum atomic E-state index is -1.24. The average molecular weight is 345 g/mol. The molecule has 1 amide bonds. The summed E-state index contributed by atoms with van der Waals surface area (Å²) in [6.45, 7) is -0.474. The van der Waals surface area contributed by atoms with Gasteiger partial charge in [-0.2, -0.15) is 0 Å². The van der Waals surface area contributed by atoms with E-state index in [0.29, 0.717) is 5.56 Å². The third-order valence-electron chi connectivity index (χ3n) is 2.71. The van der Waals surface area contributed by atoms with Gasteiger partial charge in [0.05, 0.1) is 0 Å². The van der Waals surface area contributed by atoms with E-state index in [1.165, 1.54) is 24.3 Å². The second-order valence-corrected chi connectivity index (χ2v) is 4.51. The lowest BCUT2D eigenvalue weighted by atomic mass is 10.1.